The van der Waals surface area contributed by atoms with Crippen molar-refractivity contribution in [1.29, 1.82) is 0 Å². The molecular formula is C22H28OS2. The number of hydrogen-bond donors (Lipinski definition) is 0. The van der Waals surface area contributed by atoms with Crippen molar-refractivity contribution in [2.75, 3.05) is 0 Å². The fraction of sp³-hybridized carbons (Fsp3) is 0.455. The van der Waals surface area contributed by atoms with Crippen molar-refractivity contribution in [3.8, 4) is 0 Å². The van der Waals surface area contributed by atoms with E-state index in [1.807, 2.05) is 0 Å². The van der Waals surface area contributed by atoms with Crippen molar-refractivity contribution >= 4 is 22.9 Å². The molecule has 3 heteroatoms. The molecule has 0 fully saturated rings. The Morgan fingerprint density at radius 1 is 0.720 bits per heavy atom. The summed E-state index contributed by atoms with van der Waals surface area (Å²) in [5.41, 5.74) is 5.32. The van der Waals surface area contributed by atoms with Gasteiger partial charge in [0.05, 0.1) is 9.79 Å². The maximum atomic E-state index is 13.3. The molecule has 1 aliphatic rings. The summed E-state index contributed by atoms with van der Waals surface area (Å²) in [6, 6.07) is 8.89. The van der Waals surface area contributed by atoms with E-state index in [4.69, 9.17) is 0 Å². The lowest BCUT2D eigenvalue weighted by atomic mass is 9.91. The van der Waals surface area contributed by atoms with Crippen LogP contribution in [0.25, 0.3) is 0 Å². The summed E-state index contributed by atoms with van der Waals surface area (Å²) in [5.74, 6) is 1.36. The fourth-order valence-corrected chi connectivity index (χ4v) is 6.45. The van der Waals surface area contributed by atoms with Crippen LogP contribution >= 0.6 is 11.8 Å². The van der Waals surface area contributed by atoms with E-state index in [1.165, 1.54) is 22.3 Å². The maximum absolute atomic E-state index is 13.3. The minimum Gasteiger partial charge on any atom is -0.606 e. The summed E-state index contributed by atoms with van der Waals surface area (Å²) < 4.78 is 13.3. The first-order valence-electron chi connectivity index (χ1n) is 9.12. The van der Waals surface area contributed by atoms with Crippen LogP contribution in [0.2, 0.25) is 0 Å². The Bertz CT molecular complexity index is 806. The molecular weight excluding hydrogens is 344 g/mol. The summed E-state index contributed by atoms with van der Waals surface area (Å²) in [5, 5.41) is 0. The summed E-state index contributed by atoms with van der Waals surface area (Å²) in [7, 11) is 0. The number of aryl methyl sites for hydroxylation is 1. The van der Waals surface area contributed by atoms with Gasteiger partial charge in [0.1, 0.15) is 0 Å². The molecule has 0 N–H and O–H groups in total. The topological polar surface area (TPSA) is 23.1 Å². The van der Waals surface area contributed by atoms with Crippen LogP contribution in [-0.2, 0) is 11.2 Å². The Morgan fingerprint density at radius 3 is 1.68 bits per heavy atom. The van der Waals surface area contributed by atoms with Crippen molar-refractivity contribution in [2.45, 2.75) is 85.8 Å². The van der Waals surface area contributed by atoms with Crippen LogP contribution in [0.3, 0.4) is 0 Å². The molecule has 3 rings (SSSR count). The molecule has 0 spiro atoms. The summed E-state index contributed by atoms with van der Waals surface area (Å²) in [6.07, 6.45) is 0. The SMILES string of the molecule is Cc1cc2c(cc1C(C)C)[S+]([O-])c1cc(C(C)C)c(C(C)C)cc1S2. The van der Waals surface area contributed by atoms with Gasteiger partial charge in [-0.25, -0.2) is 0 Å². The molecule has 1 aliphatic heterocycles. The minimum atomic E-state index is -1.09. The van der Waals surface area contributed by atoms with E-state index in [-0.39, 0.29) is 0 Å². The number of fused-ring (bicyclic) bond motifs is 2. The zero-order chi connectivity index (χ0) is 18.5. The van der Waals surface area contributed by atoms with E-state index in [0.29, 0.717) is 17.8 Å². The van der Waals surface area contributed by atoms with Crippen molar-refractivity contribution in [1.82, 2.24) is 0 Å². The van der Waals surface area contributed by atoms with Crippen LogP contribution in [0, 0.1) is 6.92 Å². The molecule has 0 aliphatic carbocycles. The summed E-state index contributed by atoms with van der Waals surface area (Å²) in [4.78, 5) is 4.29. The first-order chi connectivity index (χ1) is 11.7. The van der Waals surface area contributed by atoms with Gasteiger partial charge >= 0.3 is 0 Å². The van der Waals surface area contributed by atoms with E-state index < -0.39 is 11.2 Å². The molecule has 134 valence electrons. The van der Waals surface area contributed by atoms with Crippen molar-refractivity contribution < 1.29 is 4.55 Å². The molecule has 1 nitrogen and oxygen atoms in total. The molecule has 1 atom stereocenters. The highest BCUT2D eigenvalue weighted by molar-refractivity contribution is 8.02. The van der Waals surface area contributed by atoms with Crippen molar-refractivity contribution in [3.63, 3.8) is 0 Å². The Labute approximate surface area is 159 Å². The van der Waals surface area contributed by atoms with Crippen LogP contribution in [0.4, 0.5) is 0 Å². The van der Waals surface area contributed by atoms with Crippen LogP contribution in [-0.4, -0.2) is 4.55 Å². The normalized spacial score (nSPS) is 16.5. The predicted octanol–water partition coefficient (Wildman–Crippen LogP) is 7.00. The Morgan fingerprint density at radius 2 is 1.16 bits per heavy atom. The second kappa shape index (κ2) is 7.02. The van der Waals surface area contributed by atoms with E-state index >= 15 is 0 Å². The van der Waals surface area contributed by atoms with Crippen molar-refractivity contribution in [3.05, 3.63) is 46.5 Å². The average Bonchev–Trinajstić information content (AvgIpc) is 2.52. The van der Waals surface area contributed by atoms with E-state index in [9.17, 15) is 4.55 Å². The number of rotatable bonds is 3. The largest absolute Gasteiger partial charge is 0.606 e. The molecule has 1 unspecified atom stereocenters. The smallest absolute Gasteiger partial charge is 0.172 e. The highest BCUT2D eigenvalue weighted by Gasteiger charge is 2.32. The molecule has 2 aromatic rings. The highest BCUT2D eigenvalue weighted by atomic mass is 32.2. The van der Waals surface area contributed by atoms with Gasteiger partial charge in [-0.3, -0.25) is 0 Å². The third-order valence-corrected chi connectivity index (χ3v) is 7.82. The quantitative estimate of drug-likeness (QED) is 0.542. The molecule has 0 amide bonds. The molecule has 0 saturated carbocycles. The average molecular weight is 373 g/mol. The van der Waals surface area contributed by atoms with Gasteiger partial charge in [-0.15, -0.1) is 0 Å². The Kier molecular flexibility index (Phi) is 5.30. The van der Waals surface area contributed by atoms with Crippen LogP contribution in [0.5, 0.6) is 0 Å². The van der Waals surface area contributed by atoms with Crippen molar-refractivity contribution in [2.24, 2.45) is 0 Å². The standard InChI is InChI=1S/C22H28OS2/c1-12(2)16-10-21-19(8-15(16)7)24-20-9-17(13(3)4)18(14(5)6)11-22(20)25(21)23/h8-14H,1-7H3. The predicted molar refractivity (Wildman–Crippen MR) is 109 cm³/mol. The third kappa shape index (κ3) is 3.39. The lowest BCUT2D eigenvalue weighted by molar-refractivity contribution is 0.588. The van der Waals surface area contributed by atoms with Gasteiger partial charge in [0.25, 0.3) is 0 Å². The minimum absolute atomic E-state index is 0.440. The van der Waals surface area contributed by atoms with Crippen LogP contribution in [0.15, 0.2) is 43.8 Å². The first-order valence-corrected chi connectivity index (χ1v) is 11.1. The van der Waals surface area contributed by atoms with Gasteiger partial charge in [-0.2, -0.15) is 0 Å². The van der Waals surface area contributed by atoms with E-state index in [0.717, 1.165) is 19.6 Å². The van der Waals surface area contributed by atoms with Gasteiger partial charge in [-0.05, 0) is 71.2 Å². The maximum Gasteiger partial charge on any atom is 0.172 e. The van der Waals surface area contributed by atoms with E-state index in [2.05, 4.69) is 72.7 Å². The molecule has 2 aromatic carbocycles. The van der Waals surface area contributed by atoms with Gasteiger partial charge in [0.15, 0.2) is 9.79 Å². The highest BCUT2D eigenvalue weighted by Crippen LogP contribution is 2.48. The number of benzene rings is 2. The third-order valence-electron chi connectivity index (χ3n) is 4.97. The lowest BCUT2D eigenvalue weighted by Crippen LogP contribution is -2.13. The second-order valence-electron chi connectivity index (χ2n) is 7.92. The van der Waals surface area contributed by atoms with Crippen LogP contribution in [0.1, 0.15) is 81.5 Å². The van der Waals surface area contributed by atoms with Gasteiger partial charge in [-0.1, -0.05) is 53.3 Å². The molecule has 0 aromatic heterocycles. The van der Waals surface area contributed by atoms with Gasteiger partial charge in [0, 0.05) is 11.2 Å². The Balaban J connectivity index is 2.16. The summed E-state index contributed by atoms with van der Waals surface area (Å²) in [6.45, 7) is 15.5. The zero-order valence-corrected chi connectivity index (χ0v) is 17.9. The van der Waals surface area contributed by atoms with Gasteiger partial charge < -0.3 is 4.55 Å². The first kappa shape index (κ1) is 18.9. The monoisotopic (exact) mass is 372 g/mol. The molecule has 0 saturated heterocycles. The molecule has 0 bridgehead atoms. The zero-order valence-electron chi connectivity index (χ0n) is 16.3. The van der Waals surface area contributed by atoms with Crippen LogP contribution < -0.4 is 0 Å². The second-order valence-corrected chi connectivity index (χ2v) is 10.4. The lowest BCUT2D eigenvalue weighted by Gasteiger charge is -2.26. The van der Waals surface area contributed by atoms with Gasteiger partial charge in [0.2, 0.25) is 0 Å². The summed E-state index contributed by atoms with van der Waals surface area (Å²) >= 11 is 0.685. The Hall–Kier alpha value is -0.900. The molecule has 1 heterocycles. The molecule has 25 heavy (non-hydrogen) atoms. The van der Waals surface area contributed by atoms with E-state index in [1.54, 1.807) is 11.8 Å². The molecule has 0 radical (unpaired) electrons. The fourth-order valence-electron chi connectivity index (χ4n) is 3.58. The number of hydrogen-bond acceptors (Lipinski definition) is 2.